The Labute approximate surface area is 130 Å². The average molecular weight is 328 g/mol. The molecule has 7 heteroatoms. The van der Waals surface area contributed by atoms with E-state index in [4.69, 9.17) is 0 Å². The van der Waals surface area contributed by atoms with Gasteiger partial charge in [-0.2, -0.15) is 13.2 Å². The Morgan fingerprint density at radius 2 is 1.78 bits per heavy atom. The lowest BCUT2D eigenvalue weighted by Crippen LogP contribution is -2.28. The van der Waals surface area contributed by atoms with Crippen LogP contribution in [-0.2, 0) is 6.18 Å². The first-order valence-electron chi connectivity index (χ1n) is 7.44. The average Bonchev–Trinajstić information content (AvgIpc) is 2.48. The first kappa shape index (κ1) is 16.0. The molecule has 0 amide bonds. The molecule has 2 N–H and O–H groups in total. The molecule has 1 aromatic carbocycles. The third-order valence-corrected chi connectivity index (χ3v) is 4.15. The highest BCUT2D eigenvalue weighted by molar-refractivity contribution is 5.87. The Morgan fingerprint density at radius 3 is 2.43 bits per heavy atom. The van der Waals surface area contributed by atoms with Crippen molar-refractivity contribution in [2.24, 2.45) is 0 Å². The number of halogens is 4. The molecule has 0 radical (unpaired) electrons. The second kappa shape index (κ2) is 5.96. The number of pyridine rings is 1. The fourth-order valence-corrected chi connectivity index (χ4v) is 2.96. The lowest BCUT2D eigenvalue weighted by atomic mass is 9.93. The van der Waals surface area contributed by atoms with Crippen LogP contribution >= 0.6 is 0 Å². The van der Waals surface area contributed by atoms with Crippen molar-refractivity contribution >= 4 is 16.6 Å². The van der Waals surface area contributed by atoms with Crippen LogP contribution in [0, 0.1) is 5.82 Å². The smallest absolute Gasteiger partial charge is 0.393 e. The van der Waals surface area contributed by atoms with Crippen molar-refractivity contribution in [3.05, 3.63) is 35.8 Å². The summed E-state index contributed by atoms with van der Waals surface area (Å²) >= 11 is 0. The van der Waals surface area contributed by atoms with Crippen molar-refractivity contribution < 1.29 is 22.7 Å². The van der Waals surface area contributed by atoms with E-state index >= 15 is 0 Å². The second-order valence-corrected chi connectivity index (χ2v) is 5.89. The lowest BCUT2D eigenvalue weighted by Gasteiger charge is -2.26. The third-order valence-electron chi connectivity index (χ3n) is 4.15. The summed E-state index contributed by atoms with van der Waals surface area (Å²) in [4.78, 5) is 4.08. The Bertz CT molecular complexity index is 709. The van der Waals surface area contributed by atoms with Gasteiger partial charge in [0.05, 0.1) is 11.7 Å². The van der Waals surface area contributed by atoms with E-state index in [1.807, 2.05) is 0 Å². The van der Waals surface area contributed by atoms with E-state index in [0.717, 1.165) is 18.9 Å². The summed E-state index contributed by atoms with van der Waals surface area (Å²) < 4.78 is 52.7. The van der Waals surface area contributed by atoms with Crippen molar-refractivity contribution in [1.82, 2.24) is 4.98 Å². The van der Waals surface area contributed by atoms with Crippen molar-refractivity contribution in [1.29, 1.82) is 0 Å². The molecule has 0 atom stereocenters. The highest BCUT2D eigenvalue weighted by Gasteiger charge is 2.33. The van der Waals surface area contributed by atoms with Crippen LogP contribution < -0.4 is 5.32 Å². The number of aliphatic hydroxyl groups excluding tert-OH is 1. The van der Waals surface area contributed by atoms with E-state index in [9.17, 15) is 22.7 Å². The van der Waals surface area contributed by atoms with Crippen molar-refractivity contribution in [2.45, 2.75) is 44.0 Å². The van der Waals surface area contributed by atoms with Gasteiger partial charge in [-0.05, 0) is 49.3 Å². The van der Waals surface area contributed by atoms with Crippen LogP contribution in [0.4, 0.5) is 23.4 Å². The molecule has 0 unspecified atom stereocenters. The van der Waals surface area contributed by atoms with Gasteiger partial charge >= 0.3 is 6.18 Å². The van der Waals surface area contributed by atoms with Crippen molar-refractivity contribution in [3.63, 3.8) is 0 Å². The van der Waals surface area contributed by atoms with E-state index in [0.29, 0.717) is 24.7 Å². The number of anilines is 1. The maximum Gasteiger partial charge on any atom is 0.417 e. The monoisotopic (exact) mass is 328 g/mol. The Hall–Kier alpha value is -1.89. The first-order valence-corrected chi connectivity index (χ1v) is 7.44. The maximum atomic E-state index is 13.4. The number of hydrogen-bond donors (Lipinski definition) is 2. The van der Waals surface area contributed by atoms with Gasteiger partial charge in [0.1, 0.15) is 11.6 Å². The van der Waals surface area contributed by atoms with Crippen LogP contribution in [0.3, 0.4) is 0 Å². The zero-order valence-corrected chi connectivity index (χ0v) is 12.2. The molecule has 23 heavy (non-hydrogen) atoms. The number of aromatic nitrogens is 1. The topological polar surface area (TPSA) is 45.1 Å². The molecule has 3 nitrogen and oxygen atoms in total. The van der Waals surface area contributed by atoms with E-state index in [-0.39, 0.29) is 22.9 Å². The quantitative estimate of drug-likeness (QED) is 0.816. The number of benzene rings is 1. The predicted octanol–water partition coefficient (Wildman–Crippen LogP) is 4.11. The molecule has 1 saturated carbocycles. The molecule has 1 heterocycles. The van der Waals surface area contributed by atoms with Gasteiger partial charge in [0.15, 0.2) is 0 Å². The molecule has 1 aliphatic carbocycles. The summed E-state index contributed by atoms with van der Waals surface area (Å²) in [7, 11) is 0. The normalized spacial score (nSPS) is 22.3. The summed E-state index contributed by atoms with van der Waals surface area (Å²) in [5.74, 6) is -0.607. The standard InChI is InChI=1S/C16H16F4N2O/c17-10-5-9-8-21-15(22-11-1-3-12(23)4-2-11)7-13(9)14(6-10)16(18,19)20/h5-8,11-12,23H,1-4H2,(H,21,22)/t11-,12+. The van der Waals surface area contributed by atoms with Gasteiger partial charge < -0.3 is 10.4 Å². The molecule has 1 aromatic heterocycles. The summed E-state index contributed by atoms with van der Waals surface area (Å²) in [6.45, 7) is 0. The number of aliphatic hydroxyl groups is 1. The van der Waals surface area contributed by atoms with Crippen LogP contribution in [0.2, 0.25) is 0 Å². The number of nitrogens with one attached hydrogen (secondary N) is 1. The molecule has 3 rings (SSSR count). The van der Waals surface area contributed by atoms with E-state index in [1.165, 1.54) is 12.3 Å². The minimum absolute atomic E-state index is 0.0677. The van der Waals surface area contributed by atoms with Gasteiger partial charge in [0.25, 0.3) is 0 Å². The SMILES string of the molecule is O[C@H]1CC[C@@H](Nc2cc3c(C(F)(F)F)cc(F)cc3cn2)CC1. The molecule has 0 bridgehead atoms. The van der Waals surface area contributed by atoms with Gasteiger partial charge in [-0.3, -0.25) is 0 Å². The Balaban J connectivity index is 1.93. The Morgan fingerprint density at radius 1 is 1.09 bits per heavy atom. The number of nitrogens with zero attached hydrogens (tertiary/aromatic N) is 1. The van der Waals surface area contributed by atoms with E-state index in [2.05, 4.69) is 10.3 Å². The van der Waals surface area contributed by atoms with Crippen LogP contribution in [0.5, 0.6) is 0 Å². The minimum atomic E-state index is -4.63. The second-order valence-electron chi connectivity index (χ2n) is 5.89. The third kappa shape index (κ3) is 3.55. The predicted molar refractivity (Wildman–Crippen MR) is 78.6 cm³/mol. The van der Waals surface area contributed by atoms with E-state index < -0.39 is 17.6 Å². The van der Waals surface area contributed by atoms with Crippen LogP contribution in [0.25, 0.3) is 10.8 Å². The summed E-state index contributed by atoms with van der Waals surface area (Å²) in [6.07, 6.45) is -0.916. The molecular weight excluding hydrogens is 312 g/mol. The molecule has 0 saturated heterocycles. The summed E-state index contributed by atoms with van der Waals surface area (Å²) in [5.41, 5.74) is -1.00. The first-order chi connectivity index (χ1) is 10.8. The highest BCUT2D eigenvalue weighted by Crippen LogP contribution is 2.36. The molecule has 1 fully saturated rings. The summed E-state index contributed by atoms with van der Waals surface area (Å²) in [5, 5.41) is 12.6. The zero-order chi connectivity index (χ0) is 16.6. The maximum absolute atomic E-state index is 13.4. The van der Waals surface area contributed by atoms with E-state index in [1.54, 1.807) is 0 Å². The van der Waals surface area contributed by atoms with Gasteiger partial charge in [-0.1, -0.05) is 0 Å². The summed E-state index contributed by atoms with van der Waals surface area (Å²) in [6, 6.07) is 2.92. The van der Waals surface area contributed by atoms with Crippen LogP contribution in [0.1, 0.15) is 31.2 Å². The number of fused-ring (bicyclic) bond motifs is 1. The molecule has 0 spiro atoms. The van der Waals surface area contributed by atoms with Crippen LogP contribution in [-0.4, -0.2) is 22.2 Å². The molecular formula is C16H16F4N2O. The lowest BCUT2D eigenvalue weighted by molar-refractivity contribution is -0.136. The molecule has 2 aromatic rings. The number of rotatable bonds is 2. The molecule has 1 aliphatic rings. The Kier molecular flexibility index (Phi) is 4.14. The highest BCUT2D eigenvalue weighted by atomic mass is 19.4. The minimum Gasteiger partial charge on any atom is -0.393 e. The van der Waals surface area contributed by atoms with Crippen molar-refractivity contribution in [2.75, 3.05) is 5.32 Å². The van der Waals surface area contributed by atoms with Gasteiger partial charge in [-0.15, -0.1) is 0 Å². The zero-order valence-electron chi connectivity index (χ0n) is 12.2. The molecule has 124 valence electrons. The van der Waals surface area contributed by atoms with Crippen molar-refractivity contribution in [3.8, 4) is 0 Å². The number of hydrogen-bond acceptors (Lipinski definition) is 3. The largest absolute Gasteiger partial charge is 0.417 e. The number of alkyl halides is 3. The fourth-order valence-electron chi connectivity index (χ4n) is 2.96. The van der Waals surface area contributed by atoms with Crippen LogP contribution in [0.15, 0.2) is 24.4 Å². The fraction of sp³-hybridized carbons (Fsp3) is 0.438. The van der Waals surface area contributed by atoms with Gasteiger partial charge in [0.2, 0.25) is 0 Å². The van der Waals surface area contributed by atoms with Gasteiger partial charge in [0, 0.05) is 17.6 Å². The van der Waals surface area contributed by atoms with Gasteiger partial charge in [-0.25, -0.2) is 9.37 Å². The molecule has 0 aliphatic heterocycles.